The van der Waals surface area contributed by atoms with Crippen LogP contribution in [0.2, 0.25) is 0 Å². The second-order valence-corrected chi connectivity index (χ2v) is 4.58. The fraction of sp³-hybridized carbons (Fsp3) is 1.00. The van der Waals surface area contributed by atoms with Crippen molar-refractivity contribution in [2.75, 3.05) is 6.61 Å². The highest BCUT2D eigenvalue weighted by Gasteiger charge is 2.26. The van der Waals surface area contributed by atoms with Crippen LogP contribution in [0.1, 0.15) is 59.3 Å². The first-order chi connectivity index (χ1) is 6.54. The Balaban J connectivity index is 3.75. The topological polar surface area (TPSA) is 40.5 Å². The summed E-state index contributed by atoms with van der Waals surface area (Å²) in [4.78, 5) is 0. The summed E-state index contributed by atoms with van der Waals surface area (Å²) in [5.74, 6) is 0.334. The van der Waals surface area contributed by atoms with Gasteiger partial charge in [-0.3, -0.25) is 0 Å². The minimum Gasteiger partial charge on any atom is -0.396 e. The van der Waals surface area contributed by atoms with Gasteiger partial charge in [0.05, 0.1) is 5.60 Å². The van der Waals surface area contributed by atoms with E-state index in [4.69, 9.17) is 5.11 Å². The smallest absolute Gasteiger partial charge is 0.0645 e. The number of unbranched alkanes of at least 4 members (excludes halogenated alkanes) is 2. The van der Waals surface area contributed by atoms with Gasteiger partial charge in [0.15, 0.2) is 0 Å². The maximum absolute atomic E-state index is 10.2. The normalized spacial score (nSPS) is 17.8. The molecule has 2 unspecified atom stereocenters. The standard InChI is InChI=1S/C12H26O2/c1-4-5-9-12(3,14)11(2)8-6-7-10-13/h11,13-14H,4-10H2,1-3H3. The number of rotatable bonds is 8. The molecule has 0 fully saturated rings. The van der Waals surface area contributed by atoms with Crippen LogP contribution in [-0.4, -0.2) is 22.4 Å². The molecule has 0 amide bonds. The Morgan fingerprint density at radius 3 is 2.36 bits per heavy atom. The molecule has 0 saturated heterocycles. The molecule has 0 aromatic heterocycles. The van der Waals surface area contributed by atoms with Crippen LogP contribution < -0.4 is 0 Å². The zero-order chi connectivity index (χ0) is 11.0. The third-order valence-electron chi connectivity index (χ3n) is 3.14. The second-order valence-electron chi connectivity index (χ2n) is 4.58. The highest BCUT2D eigenvalue weighted by molar-refractivity contribution is 4.78. The van der Waals surface area contributed by atoms with E-state index in [1.807, 2.05) is 6.92 Å². The zero-order valence-electron chi connectivity index (χ0n) is 9.92. The van der Waals surface area contributed by atoms with Crippen LogP contribution in [0.3, 0.4) is 0 Å². The molecule has 2 atom stereocenters. The molecule has 0 rings (SSSR count). The van der Waals surface area contributed by atoms with Gasteiger partial charge < -0.3 is 10.2 Å². The van der Waals surface area contributed by atoms with E-state index in [-0.39, 0.29) is 6.61 Å². The number of aliphatic hydroxyl groups excluding tert-OH is 1. The van der Waals surface area contributed by atoms with E-state index in [0.29, 0.717) is 5.92 Å². The molecule has 2 heteroatoms. The third kappa shape index (κ3) is 5.61. The maximum atomic E-state index is 10.2. The quantitative estimate of drug-likeness (QED) is 0.594. The predicted octanol–water partition coefficient (Wildman–Crippen LogP) is 2.73. The van der Waals surface area contributed by atoms with Crippen molar-refractivity contribution < 1.29 is 10.2 Å². The van der Waals surface area contributed by atoms with Gasteiger partial charge in [0, 0.05) is 6.61 Å². The lowest BCUT2D eigenvalue weighted by atomic mass is 9.83. The third-order valence-corrected chi connectivity index (χ3v) is 3.14. The molecule has 0 aromatic carbocycles. The van der Waals surface area contributed by atoms with E-state index in [1.165, 1.54) is 0 Å². The largest absolute Gasteiger partial charge is 0.396 e. The van der Waals surface area contributed by atoms with Crippen LogP contribution in [-0.2, 0) is 0 Å². The van der Waals surface area contributed by atoms with Crippen molar-refractivity contribution in [3.8, 4) is 0 Å². The first-order valence-corrected chi connectivity index (χ1v) is 5.87. The van der Waals surface area contributed by atoms with E-state index in [1.54, 1.807) is 0 Å². The highest BCUT2D eigenvalue weighted by Crippen LogP contribution is 2.27. The molecule has 0 aliphatic heterocycles. The SMILES string of the molecule is CCCCC(C)(O)C(C)CCCCO. The Morgan fingerprint density at radius 2 is 1.86 bits per heavy atom. The van der Waals surface area contributed by atoms with Crippen LogP contribution in [0.5, 0.6) is 0 Å². The Kier molecular flexibility index (Phi) is 7.20. The van der Waals surface area contributed by atoms with Gasteiger partial charge in [0.1, 0.15) is 0 Å². The Labute approximate surface area is 88.3 Å². The van der Waals surface area contributed by atoms with Crippen LogP contribution in [0.15, 0.2) is 0 Å². The lowest BCUT2D eigenvalue weighted by Gasteiger charge is -2.30. The van der Waals surface area contributed by atoms with Crippen LogP contribution in [0.25, 0.3) is 0 Å². The summed E-state index contributed by atoms with van der Waals surface area (Å²) in [5.41, 5.74) is -0.522. The van der Waals surface area contributed by atoms with Crippen LogP contribution in [0.4, 0.5) is 0 Å². The van der Waals surface area contributed by atoms with Gasteiger partial charge >= 0.3 is 0 Å². The van der Waals surface area contributed by atoms with Crippen molar-refractivity contribution in [3.05, 3.63) is 0 Å². The minimum atomic E-state index is -0.522. The molecule has 2 N–H and O–H groups in total. The summed E-state index contributed by atoms with van der Waals surface area (Å²) in [6.07, 6.45) is 6.01. The molecule has 0 saturated carbocycles. The van der Waals surface area contributed by atoms with Crippen molar-refractivity contribution in [1.82, 2.24) is 0 Å². The Morgan fingerprint density at radius 1 is 1.21 bits per heavy atom. The number of hydrogen-bond acceptors (Lipinski definition) is 2. The predicted molar refractivity (Wildman–Crippen MR) is 60.2 cm³/mol. The van der Waals surface area contributed by atoms with E-state index in [0.717, 1.165) is 38.5 Å². The van der Waals surface area contributed by atoms with E-state index in [2.05, 4.69) is 13.8 Å². The zero-order valence-corrected chi connectivity index (χ0v) is 9.92. The minimum absolute atomic E-state index is 0.268. The van der Waals surface area contributed by atoms with E-state index in [9.17, 15) is 5.11 Å². The summed E-state index contributed by atoms with van der Waals surface area (Å²) in [6.45, 7) is 6.45. The Hall–Kier alpha value is -0.0800. The molecule has 0 bridgehead atoms. The summed E-state index contributed by atoms with van der Waals surface area (Å²) in [5, 5.41) is 18.8. The average molecular weight is 202 g/mol. The van der Waals surface area contributed by atoms with Gasteiger partial charge in [-0.1, -0.05) is 33.1 Å². The maximum Gasteiger partial charge on any atom is 0.0645 e. The van der Waals surface area contributed by atoms with Crippen molar-refractivity contribution in [3.63, 3.8) is 0 Å². The van der Waals surface area contributed by atoms with Crippen molar-refractivity contribution in [1.29, 1.82) is 0 Å². The van der Waals surface area contributed by atoms with Gasteiger partial charge in [-0.25, -0.2) is 0 Å². The molecule has 0 radical (unpaired) electrons. The lowest BCUT2D eigenvalue weighted by molar-refractivity contribution is -0.00797. The number of hydrogen-bond donors (Lipinski definition) is 2. The van der Waals surface area contributed by atoms with Gasteiger partial charge in [0.25, 0.3) is 0 Å². The van der Waals surface area contributed by atoms with Gasteiger partial charge in [0.2, 0.25) is 0 Å². The Bertz CT molecular complexity index is 132. The molecule has 0 spiro atoms. The highest BCUT2D eigenvalue weighted by atomic mass is 16.3. The molecular weight excluding hydrogens is 176 g/mol. The van der Waals surface area contributed by atoms with Gasteiger partial charge in [-0.05, 0) is 32.1 Å². The van der Waals surface area contributed by atoms with E-state index >= 15 is 0 Å². The van der Waals surface area contributed by atoms with Crippen molar-refractivity contribution in [2.24, 2.45) is 5.92 Å². The number of aliphatic hydroxyl groups is 2. The van der Waals surface area contributed by atoms with Gasteiger partial charge in [-0.2, -0.15) is 0 Å². The fourth-order valence-electron chi connectivity index (χ4n) is 1.65. The summed E-state index contributed by atoms with van der Waals surface area (Å²) in [6, 6.07) is 0. The second kappa shape index (κ2) is 7.24. The molecular formula is C12H26O2. The molecule has 0 aromatic rings. The van der Waals surface area contributed by atoms with Crippen molar-refractivity contribution >= 4 is 0 Å². The monoisotopic (exact) mass is 202 g/mol. The molecule has 0 aliphatic rings. The molecule has 2 nitrogen and oxygen atoms in total. The summed E-state index contributed by atoms with van der Waals surface area (Å²) >= 11 is 0. The average Bonchev–Trinajstić information content (AvgIpc) is 2.15. The first-order valence-electron chi connectivity index (χ1n) is 5.87. The first kappa shape index (κ1) is 13.9. The fourth-order valence-corrected chi connectivity index (χ4v) is 1.65. The van der Waals surface area contributed by atoms with E-state index < -0.39 is 5.60 Å². The molecule has 0 aliphatic carbocycles. The lowest BCUT2D eigenvalue weighted by Crippen LogP contribution is -2.32. The molecule has 86 valence electrons. The summed E-state index contributed by atoms with van der Waals surface area (Å²) in [7, 11) is 0. The molecule has 14 heavy (non-hydrogen) atoms. The summed E-state index contributed by atoms with van der Waals surface area (Å²) < 4.78 is 0. The van der Waals surface area contributed by atoms with Crippen LogP contribution >= 0.6 is 0 Å². The van der Waals surface area contributed by atoms with Gasteiger partial charge in [-0.15, -0.1) is 0 Å². The molecule has 0 heterocycles. The van der Waals surface area contributed by atoms with Crippen LogP contribution in [0, 0.1) is 5.92 Å². The van der Waals surface area contributed by atoms with Crippen molar-refractivity contribution in [2.45, 2.75) is 64.9 Å².